The third-order valence-corrected chi connectivity index (χ3v) is 19.8. The number of hydrogen-bond donors (Lipinski definition) is 12. The molecule has 0 bridgehead atoms. The van der Waals surface area contributed by atoms with Gasteiger partial charge in [-0.15, -0.1) is 0 Å². The summed E-state index contributed by atoms with van der Waals surface area (Å²) in [6.45, 7) is 23.4. The van der Waals surface area contributed by atoms with Crippen molar-refractivity contribution >= 4 is 81.7 Å². The van der Waals surface area contributed by atoms with Crippen LogP contribution in [0.4, 0.5) is 0 Å². The van der Waals surface area contributed by atoms with Crippen LogP contribution in [-0.4, -0.2) is 139 Å². The van der Waals surface area contributed by atoms with Gasteiger partial charge in [-0.25, -0.2) is 0 Å². The van der Waals surface area contributed by atoms with E-state index in [2.05, 4.69) is 86.2 Å². The van der Waals surface area contributed by atoms with Crippen LogP contribution in [0.5, 0.6) is 0 Å². The second kappa shape index (κ2) is 54.6. The van der Waals surface area contributed by atoms with Crippen molar-refractivity contribution in [3.8, 4) is 23.0 Å². The molecule has 0 radical (unpaired) electrons. The summed E-state index contributed by atoms with van der Waals surface area (Å²) < 4.78 is 0. The summed E-state index contributed by atoms with van der Waals surface area (Å²) in [4.78, 5) is 67.9. The molecule has 668 valence electrons. The lowest BCUT2D eigenvalue weighted by Gasteiger charge is -2.18. The molecule has 0 saturated heterocycles. The lowest BCUT2D eigenvalue weighted by atomic mass is 9.98. The summed E-state index contributed by atoms with van der Waals surface area (Å²) in [6.07, 6.45) is 11.1. The maximum absolute atomic E-state index is 11.4. The van der Waals surface area contributed by atoms with Gasteiger partial charge in [-0.2, -0.15) is 0 Å². The zero-order chi connectivity index (χ0) is 92.9. The first-order chi connectivity index (χ1) is 61.3. The van der Waals surface area contributed by atoms with Crippen LogP contribution >= 0.6 is 0 Å². The van der Waals surface area contributed by atoms with Crippen LogP contribution in [-0.2, 0) is 67.3 Å². The largest absolute Gasteiger partial charge is 0.480 e. The van der Waals surface area contributed by atoms with E-state index in [0.717, 1.165) is 94.0 Å². The van der Waals surface area contributed by atoms with Gasteiger partial charge in [0.15, 0.2) is 0 Å². The summed E-state index contributed by atoms with van der Waals surface area (Å²) in [7, 11) is 0. The molecule has 0 aliphatic carbocycles. The number of aliphatic carboxylic acids is 6. The molecule has 12 N–H and O–H groups in total. The van der Waals surface area contributed by atoms with E-state index in [4.69, 9.17) is 0 Å². The molecule has 128 heavy (non-hydrogen) atoms. The Bertz CT molecular complexity index is 5420. The van der Waals surface area contributed by atoms with Crippen LogP contribution in [0.1, 0.15) is 150 Å². The molecule has 12 aromatic rings. The first-order valence-electron chi connectivity index (χ1n) is 43.6. The van der Waals surface area contributed by atoms with Crippen LogP contribution in [0, 0.1) is 11.8 Å². The number of carboxylic acids is 6. The molecule has 0 aliphatic rings. The van der Waals surface area contributed by atoms with Crippen LogP contribution in [0.2, 0.25) is 0 Å². The zero-order valence-electron chi connectivity index (χ0n) is 75.5. The highest BCUT2D eigenvalue weighted by atomic mass is 16.4. The Morgan fingerprint density at radius 1 is 0.242 bits per heavy atom. The van der Waals surface area contributed by atoms with E-state index >= 15 is 0 Å². The van der Waals surface area contributed by atoms with Gasteiger partial charge >= 0.3 is 35.8 Å². The van der Waals surface area contributed by atoms with E-state index in [9.17, 15) is 59.4 Å². The highest BCUT2D eigenvalue weighted by molar-refractivity contribution is 5.87. The SMILES string of the molecule is CC(C)NC(Cc1ccc2ccccc2c1)C(=O)O.CC(C)NC(Cc1cccc(-c2ccccc2)c1)C(=O)O.CC(C)NC(Cc1cccc(/C=C/c2ccccc2)c1)C(=O)O.CC(C)NC(Cc1cccc(/C=C\c2ccccc2)c1)C(=O)O.CC(C)NC(Cc1cccc(C#Cc2ccccc2)c1)C(=O)O.CC(C)NC(Cc1cccc2ccccc12)C(=O)O. The second-order valence-electron chi connectivity index (χ2n) is 33.2. The van der Waals surface area contributed by atoms with Crippen LogP contribution in [0.3, 0.4) is 0 Å². The second-order valence-corrected chi connectivity index (χ2v) is 33.2. The molecule has 0 heterocycles. The number of carboxylic acid groups (broad SMARTS) is 6. The fraction of sp³-hybridized carbons (Fsp3) is 0.273. The van der Waals surface area contributed by atoms with Gasteiger partial charge in [0.1, 0.15) is 36.3 Å². The Balaban J connectivity index is 0.000000211. The number of nitrogens with one attached hydrogen (secondary N) is 6. The maximum atomic E-state index is 11.4. The van der Waals surface area contributed by atoms with Crippen molar-refractivity contribution in [1.29, 1.82) is 0 Å². The van der Waals surface area contributed by atoms with E-state index in [-0.39, 0.29) is 36.3 Å². The summed E-state index contributed by atoms with van der Waals surface area (Å²) in [6, 6.07) is 97.6. The molecule has 12 rings (SSSR count). The monoisotopic (exact) mass is 1720 g/mol. The van der Waals surface area contributed by atoms with Crippen molar-refractivity contribution in [2.45, 2.75) is 194 Å². The Morgan fingerprint density at radius 3 is 0.938 bits per heavy atom. The lowest BCUT2D eigenvalue weighted by Crippen LogP contribution is -2.42. The lowest BCUT2D eigenvalue weighted by molar-refractivity contribution is -0.140. The smallest absolute Gasteiger partial charge is 0.321 e. The number of fused-ring (bicyclic) bond motifs is 2. The van der Waals surface area contributed by atoms with E-state index in [1.165, 1.54) is 5.39 Å². The molecule has 18 nitrogen and oxygen atoms in total. The van der Waals surface area contributed by atoms with Gasteiger partial charge in [0.05, 0.1) is 0 Å². The molecule has 0 spiro atoms. The molecule has 6 unspecified atom stereocenters. The average molecular weight is 1720 g/mol. The van der Waals surface area contributed by atoms with Crippen molar-refractivity contribution in [1.82, 2.24) is 31.9 Å². The molecule has 0 amide bonds. The highest BCUT2D eigenvalue weighted by Crippen LogP contribution is 2.24. The molecule has 0 aliphatic heterocycles. The summed E-state index contributed by atoms with van der Waals surface area (Å²) in [5, 5.41) is 78.9. The predicted octanol–water partition coefficient (Wildman–Crippen LogP) is 19.8. The van der Waals surface area contributed by atoms with Gasteiger partial charge in [0, 0.05) is 47.4 Å². The van der Waals surface area contributed by atoms with E-state index in [1.807, 2.05) is 368 Å². The predicted molar refractivity (Wildman–Crippen MR) is 523 cm³/mol. The molecular formula is C110H126N6O12. The molecule has 0 aromatic heterocycles. The van der Waals surface area contributed by atoms with Gasteiger partial charge < -0.3 is 62.5 Å². The van der Waals surface area contributed by atoms with Crippen molar-refractivity contribution in [3.05, 3.63) is 370 Å². The van der Waals surface area contributed by atoms with Gasteiger partial charge in [0.2, 0.25) is 0 Å². The van der Waals surface area contributed by atoms with Crippen LogP contribution in [0.25, 0.3) is 57.0 Å². The summed E-state index contributed by atoms with van der Waals surface area (Å²) >= 11 is 0. The minimum Gasteiger partial charge on any atom is -0.480 e. The first kappa shape index (κ1) is 102. The van der Waals surface area contributed by atoms with Crippen molar-refractivity contribution in [3.63, 3.8) is 0 Å². The minimum atomic E-state index is -0.834. The van der Waals surface area contributed by atoms with Crippen molar-refractivity contribution in [2.24, 2.45) is 0 Å². The third kappa shape index (κ3) is 38.7. The number of rotatable bonds is 35. The summed E-state index contributed by atoms with van der Waals surface area (Å²) in [5.74, 6) is 1.36. The number of benzene rings is 12. The van der Waals surface area contributed by atoms with Crippen molar-refractivity contribution in [2.75, 3.05) is 0 Å². The van der Waals surface area contributed by atoms with Gasteiger partial charge in [0.25, 0.3) is 0 Å². The van der Waals surface area contributed by atoms with E-state index < -0.39 is 72.1 Å². The zero-order valence-corrected chi connectivity index (χ0v) is 75.5. The van der Waals surface area contributed by atoms with Gasteiger partial charge in [-0.3, -0.25) is 28.8 Å². The van der Waals surface area contributed by atoms with Gasteiger partial charge in [-0.1, -0.05) is 398 Å². The van der Waals surface area contributed by atoms with Gasteiger partial charge in [-0.05, 0) is 151 Å². The topological polar surface area (TPSA) is 296 Å². The molecule has 12 aromatic carbocycles. The molecule has 18 heteroatoms. The average Bonchev–Trinajstić information content (AvgIpc) is 0.811. The normalized spacial score (nSPS) is 12.5. The van der Waals surface area contributed by atoms with Crippen LogP contribution < -0.4 is 31.9 Å². The van der Waals surface area contributed by atoms with E-state index in [1.54, 1.807) is 0 Å². The maximum Gasteiger partial charge on any atom is 0.321 e. The van der Waals surface area contributed by atoms with Crippen molar-refractivity contribution < 1.29 is 59.4 Å². The molecule has 6 atom stereocenters. The molecular weight excluding hydrogens is 1600 g/mol. The Labute approximate surface area is 755 Å². The number of carbonyl (C=O) groups is 6. The quantitative estimate of drug-likeness (QED) is 0.0130. The first-order valence-corrected chi connectivity index (χ1v) is 43.6. The standard InChI is InChI=1S/2C20H23NO2.C20H21NO2.C18H21NO2.2C16H19NO2/c3*1-15(2)21-19(20(22)23)14-18-10-6-9-17(13-18)12-11-16-7-4-3-5-8-16;1-13(2)19-17(18(20)21)12-14-7-6-10-16(11-14)15-8-4-3-5-9-15;1-11(2)17-15(16(18)19)10-13-8-5-7-12-6-3-4-9-14(12)13;1-11(2)17-15(16(18)19)10-12-7-8-13-5-3-4-6-14(13)9-12/h2*3-13,15,19,21H,14H2,1-2H3,(H,22,23);3-10,13,15,19,21H,14H2,1-2H3,(H,22,23);3-11,13,17,19H,12H2,1-2H3,(H,20,21);2*3-9,11,15,17H,10H2,1-2H3,(H,18,19)/b12-11+;12-11-;;;;. The highest BCUT2D eigenvalue weighted by Gasteiger charge is 2.25. The van der Waals surface area contributed by atoms with E-state index in [0.29, 0.717) is 38.5 Å². The minimum absolute atomic E-state index is 0.122. The summed E-state index contributed by atoms with van der Waals surface area (Å²) in [5.41, 5.74) is 14.7. The van der Waals surface area contributed by atoms with Crippen LogP contribution in [0.15, 0.2) is 303 Å². The Hall–Kier alpha value is -13.2. The molecule has 0 saturated carbocycles. The number of hydrogen-bond acceptors (Lipinski definition) is 12. The third-order valence-electron chi connectivity index (χ3n) is 19.8. The molecule has 0 fully saturated rings. The fourth-order valence-electron chi connectivity index (χ4n) is 14.1. The fourth-order valence-corrected chi connectivity index (χ4v) is 14.1. The Kier molecular flexibility index (Phi) is 43.5. The Morgan fingerprint density at radius 2 is 0.523 bits per heavy atom.